The highest BCUT2D eigenvalue weighted by atomic mass is 35.5. The number of hydrogen-bond donors (Lipinski definition) is 2. The van der Waals surface area contributed by atoms with Crippen molar-refractivity contribution < 1.29 is 4.79 Å². The van der Waals surface area contributed by atoms with Gasteiger partial charge in [0.05, 0.1) is 10.0 Å². The number of H-pyrrole nitrogens is 1. The van der Waals surface area contributed by atoms with Gasteiger partial charge in [0.1, 0.15) is 0 Å². The van der Waals surface area contributed by atoms with E-state index in [1.165, 1.54) is 0 Å². The number of nitrogens with one attached hydrogen (secondary N) is 2. The van der Waals surface area contributed by atoms with Crippen molar-refractivity contribution in [2.45, 2.75) is 44.8 Å². The van der Waals surface area contributed by atoms with Gasteiger partial charge in [-0.15, -0.1) is 0 Å². The lowest BCUT2D eigenvalue weighted by atomic mass is 9.93. The SMILES string of the molecule is CC1CC(NC(=O)c2ccc(-c3cc4cc(Cl)c(Cl)cc4[nH]3)cc2)CC(C)N1C. The lowest BCUT2D eigenvalue weighted by Crippen LogP contribution is -2.51. The van der Waals surface area contributed by atoms with Gasteiger partial charge in [0, 0.05) is 40.3 Å². The van der Waals surface area contributed by atoms with Gasteiger partial charge in [-0.1, -0.05) is 35.3 Å². The molecule has 2 unspecified atom stereocenters. The van der Waals surface area contributed by atoms with E-state index in [4.69, 9.17) is 23.2 Å². The van der Waals surface area contributed by atoms with Crippen molar-refractivity contribution in [1.82, 2.24) is 15.2 Å². The Morgan fingerprint density at radius 1 is 1.03 bits per heavy atom. The minimum absolute atomic E-state index is 0.0132. The lowest BCUT2D eigenvalue weighted by Gasteiger charge is -2.40. The summed E-state index contributed by atoms with van der Waals surface area (Å²) in [6.45, 7) is 4.43. The summed E-state index contributed by atoms with van der Waals surface area (Å²) < 4.78 is 0. The van der Waals surface area contributed by atoms with Crippen LogP contribution in [0.2, 0.25) is 10.0 Å². The number of aromatic nitrogens is 1. The summed E-state index contributed by atoms with van der Waals surface area (Å²) in [5.74, 6) is -0.0132. The Kier molecular flexibility index (Phi) is 5.60. The zero-order chi connectivity index (χ0) is 20.7. The van der Waals surface area contributed by atoms with Gasteiger partial charge in [0.15, 0.2) is 0 Å². The highest BCUT2D eigenvalue weighted by molar-refractivity contribution is 6.42. The fraction of sp³-hybridized carbons (Fsp3) is 0.348. The lowest BCUT2D eigenvalue weighted by molar-refractivity contribution is 0.0830. The highest BCUT2D eigenvalue weighted by Crippen LogP contribution is 2.31. The van der Waals surface area contributed by atoms with Crippen LogP contribution in [0.3, 0.4) is 0 Å². The van der Waals surface area contributed by atoms with Crippen LogP contribution in [0.25, 0.3) is 22.2 Å². The van der Waals surface area contributed by atoms with E-state index in [2.05, 4.69) is 36.1 Å². The minimum atomic E-state index is -0.0132. The number of fused-ring (bicyclic) bond motifs is 1. The molecule has 2 atom stereocenters. The van der Waals surface area contributed by atoms with E-state index in [1.807, 2.05) is 42.5 Å². The van der Waals surface area contributed by atoms with Crippen molar-refractivity contribution in [3.8, 4) is 11.3 Å². The summed E-state index contributed by atoms with van der Waals surface area (Å²) in [4.78, 5) is 18.4. The monoisotopic (exact) mass is 429 g/mol. The van der Waals surface area contributed by atoms with Crippen molar-refractivity contribution in [2.75, 3.05) is 7.05 Å². The minimum Gasteiger partial charge on any atom is -0.354 e. The predicted octanol–water partition coefficient (Wildman–Crippen LogP) is 5.74. The molecule has 4 nitrogen and oxygen atoms in total. The van der Waals surface area contributed by atoms with Crippen LogP contribution in [0, 0.1) is 0 Å². The average Bonchev–Trinajstić information content (AvgIpc) is 3.09. The molecule has 1 aromatic heterocycles. The molecule has 2 N–H and O–H groups in total. The number of likely N-dealkylation sites (tertiary alicyclic amines) is 1. The number of piperidine rings is 1. The Labute approximate surface area is 181 Å². The fourth-order valence-electron chi connectivity index (χ4n) is 4.16. The number of carbonyl (C=O) groups excluding carboxylic acids is 1. The van der Waals surface area contributed by atoms with Crippen molar-refractivity contribution in [2.24, 2.45) is 0 Å². The van der Waals surface area contributed by atoms with Crippen molar-refractivity contribution in [1.29, 1.82) is 0 Å². The third-order valence-corrected chi connectivity index (χ3v) is 6.82. The molecule has 0 aliphatic carbocycles. The molecule has 0 spiro atoms. The van der Waals surface area contributed by atoms with Crippen LogP contribution in [0.15, 0.2) is 42.5 Å². The topological polar surface area (TPSA) is 48.1 Å². The molecule has 1 aliphatic rings. The zero-order valence-corrected chi connectivity index (χ0v) is 18.3. The second-order valence-electron chi connectivity index (χ2n) is 8.12. The number of nitrogens with zero attached hydrogens (tertiary/aromatic N) is 1. The molecule has 0 bridgehead atoms. The van der Waals surface area contributed by atoms with Crippen LogP contribution < -0.4 is 5.32 Å². The van der Waals surface area contributed by atoms with Crippen LogP contribution in [0.4, 0.5) is 0 Å². The second kappa shape index (κ2) is 8.02. The quantitative estimate of drug-likeness (QED) is 0.557. The van der Waals surface area contributed by atoms with Crippen molar-refractivity contribution in [3.05, 3.63) is 58.1 Å². The van der Waals surface area contributed by atoms with Gasteiger partial charge in [-0.25, -0.2) is 0 Å². The molecule has 1 saturated heterocycles. The van der Waals surface area contributed by atoms with E-state index in [-0.39, 0.29) is 11.9 Å². The Bertz CT molecular complexity index is 993. The van der Waals surface area contributed by atoms with E-state index in [0.717, 1.165) is 35.0 Å². The summed E-state index contributed by atoms with van der Waals surface area (Å²) in [7, 11) is 2.15. The summed E-state index contributed by atoms with van der Waals surface area (Å²) in [6, 6.07) is 14.5. The molecule has 29 heavy (non-hydrogen) atoms. The third-order valence-electron chi connectivity index (χ3n) is 6.10. The van der Waals surface area contributed by atoms with E-state index in [9.17, 15) is 4.79 Å². The molecule has 1 aliphatic heterocycles. The molecule has 0 saturated carbocycles. The van der Waals surface area contributed by atoms with E-state index in [0.29, 0.717) is 27.7 Å². The molecule has 4 rings (SSSR count). The number of halogens is 2. The van der Waals surface area contributed by atoms with Crippen LogP contribution in [-0.2, 0) is 0 Å². The Balaban J connectivity index is 1.48. The van der Waals surface area contributed by atoms with Crippen LogP contribution in [0.5, 0.6) is 0 Å². The van der Waals surface area contributed by atoms with Crippen LogP contribution in [-0.4, -0.2) is 41.0 Å². The van der Waals surface area contributed by atoms with Gasteiger partial charge in [0.25, 0.3) is 5.91 Å². The largest absolute Gasteiger partial charge is 0.354 e. The molecular formula is C23H25Cl2N3O. The van der Waals surface area contributed by atoms with Gasteiger partial charge in [-0.3, -0.25) is 4.79 Å². The molecular weight excluding hydrogens is 405 g/mol. The summed E-state index contributed by atoms with van der Waals surface area (Å²) in [5.41, 5.74) is 3.58. The maximum Gasteiger partial charge on any atom is 0.251 e. The third kappa shape index (κ3) is 4.16. The molecule has 2 aromatic carbocycles. The molecule has 1 amide bonds. The number of aromatic amines is 1. The number of carbonyl (C=O) groups is 1. The zero-order valence-electron chi connectivity index (χ0n) is 16.8. The van der Waals surface area contributed by atoms with E-state index >= 15 is 0 Å². The molecule has 152 valence electrons. The van der Waals surface area contributed by atoms with E-state index < -0.39 is 0 Å². The molecule has 2 heterocycles. The molecule has 6 heteroatoms. The van der Waals surface area contributed by atoms with Gasteiger partial charge < -0.3 is 15.2 Å². The van der Waals surface area contributed by atoms with Crippen molar-refractivity contribution >= 4 is 40.0 Å². The Morgan fingerprint density at radius 2 is 1.66 bits per heavy atom. The van der Waals surface area contributed by atoms with Gasteiger partial charge in [0.2, 0.25) is 0 Å². The van der Waals surface area contributed by atoms with Gasteiger partial charge >= 0.3 is 0 Å². The Morgan fingerprint density at radius 3 is 2.31 bits per heavy atom. The first-order valence-electron chi connectivity index (χ1n) is 9.93. The smallest absolute Gasteiger partial charge is 0.251 e. The molecule has 3 aromatic rings. The number of rotatable bonds is 3. The number of amides is 1. The predicted molar refractivity (Wildman–Crippen MR) is 121 cm³/mol. The number of benzene rings is 2. The van der Waals surface area contributed by atoms with Gasteiger partial charge in [-0.05, 0) is 69.6 Å². The van der Waals surface area contributed by atoms with Crippen LogP contribution in [0.1, 0.15) is 37.0 Å². The van der Waals surface area contributed by atoms with Crippen LogP contribution >= 0.6 is 23.2 Å². The maximum absolute atomic E-state index is 12.7. The average molecular weight is 430 g/mol. The molecule has 0 radical (unpaired) electrons. The second-order valence-corrected chi connectivity index (χ2v) is 8.93. The molecule has 1 fully saturated rings. The summed E-state index contributed by atoms with van der Waals surface area (Å²) in [5, 5.41) is 5.27. The first-order chi connectivity index (χ1) is 13.8. The van der Waals surface area contributed by atoms with Crippen molar-refractivity contribution in [3.63, 3.8) is 0 Å². The first kappa shape index (κ1) is 20.3. The van der Waals surface area contributed by atoms with Gasteiger partial charge in [-0.2, -0.15) is 0 Å². The van der Waals surface area contributed by atoms with E-state index in [1.54, 1.807) is 0 Å². The number of hydrogen-bond acceptors (Lipinski definition) is 2. The maximum atomic E-state index is 12.7. The Hall–Kier alpha value is -2.01. The summed E-state index contributed by atoms with van der Waals surface area (Å²) in [6.07, 6.45) is 1.95. The standard InChI is InChI=1S/C23H25Cl2N3O/c1-13-8-18(9-14(2)28(13)3)26-23(29)16-6-4-15(5-7-16)21-11-17-10-19(24)20(25)12-22(17)27-21/h4-7,10-14,18,27H,8-9H2,1-3H3,(H,26,29). The first-order valence-corrected chi connectivity index (χ1v) is 10.7. The normalized spacial score (nSPS) is 22.7. The fourth-order valence-corrected chi connectivity index (χ4v) is 4.49. The summed E-state index contributed by atoms with van der Waals surface area (Å²) >= 11 is 12.2. The highest BCUT2D eigenvalue weighted by Gasteiger charge is 2.29.